The third-order valence-corrected chi connectivity index (χ3v) is 17.9. The lowest BCUT2D eigenvalue weighted by atomic mass is 9.40. The van der Waals surface area contributed by atoms with Crippen LogP contribution in [0.3, 0.4) is 0 Å². The van der Waals surface area contributed by atoms with E-state index in [0.717, 1.165) is 25.7 Å². The third-order valence-electron chi connectivity index (χ3n) is 17.4. The number of esters is 1. The molecule has 1 spiro atoms. The predicted octanol–water partition coefficient (Wildman–Crippen LogP) is 2.24. The van der Waals surface area contributed by atoms with E-state index in [2.05, 4.69) is 33.8 Å². The van der Waals surface area contributed by atoms with Crippen LogP contribution in [0.15, 0.2) is 11.6 Å². The second-order valence-electron chi connectivity index (χ2n) is 21.0. The van der Waals surface area contributed by atoms with Crippen LogP contribution < -0.4 is 0 Å². The summed E-state index contributed by atoms with van der Waals surface area (Å²) < 4.78 is 69.1. The SMILES string of the molecule is CC1(C)CCC([C@]2(C)OC(=O)C34CC=C5C(CCC6C(C)(C)C(O[C@@H]7CC[C@@H](OS(=O)(=O)O)[C@H](O)[C@H]7O[C@@H]7O[C@H](CO)[C@@H](O)[C@H](O)[C@H]7O)CC[C@]56C)[C@]3(C)CC[C@@]42O)O1. The standard InChI is InChI=1S/C42H66O16S/c1-36(2)15-13-28(56-36)40(7)42(49)19-18-39(6)22-8-11-26-37(3,4)27(14-16-38(26,5)21(22)12-17-41(39,42)35(48)57-40)53-24-10-9-23(58-59(50,51)52)30(45)33(24)55-34-32(47)31(46)29(44)25(20-43)54-34/h12,22-34,43-47,49H,8-11,13-20H2,1-7H3,(H,50,51,52)/t22?,23-,24-,25-,26?,27?,28?,29-,30+,31+,32-,33+,34+,38-,39+,40+,41?,42+/m1/s1. The van der Waals surface area contributed by atoms with Gasteiger partial charge in [0.2, 0.25) is 0 Å². The van der Waals surface area contributed by atoms with E-state index in [9.17, 15) is 48.4 Å². The van der Waals surface area contributed by atoms with Crippen molar-refractivity contribution < 1.29 is 76.3 Å². The van der Waals surface area contributed by atoms with Crippen molar-refractivity contribution in [1.29, 1.82) is 0 Å². The number of rotatable bonds is 8. The molecule has 3 saturated heterocycles. The molecular weight excluding hydrogens is 793 g/mol. The summed E-state index contributed by atoms with van der Waals surface area (Å²) in [6.45, 7) is 14.1. The highest BCUT2D eigenvalue weighted by Gasteiger charge is 2.84. The van der Waals surface area contributed by atoms with Gasteiger partial charge in [0.05, 0.1) is 24.4 Å². The summed E-state index contributed by atoms with van der Waals surface area (Å²) in [4.78, 5) is 14.5. The van der Waals surface area contributed by atoms with Crippen molar-refractivity contribution in [2.45, 2.75) is 203 Å². The lowest BCUT2D eigenvalue weighted by Gasteiger charge is -2.64. The van der Waals surface area contributed by atoms with E-state index in [1.807, 2.05) is 20.8 Å². The molecule has 59 heavy (non-hydrogen) atoms. The van der Waals surface area contributed by atoms with Crippen molar-refractivity contribution in [2.24, 2.45) is 33.5 Å². The summed E-state index contributed by atoms with van der Waals surface area (Å²) in [6.07, 6.45) is -5.99. The molecule has 0 aromatic rings. The molecule has 7 fully saturated rings. The van der Waals surface area contributed by atoms with Crippen molar-refractivity contribution in [2.75, 3.05) is 6.61 Å². The Balaban J connectivity index is 1.05. The van der Waals surface area contributed by atoms with Crippen LogP contribution >= 0.6 is 0 Å². The highest BCUT2D eigenvalue weighted by molar-refractivity contribution is 7.80. The number of cyclic esters (lactones) is 1. The van der Waals surface area contributed by atoms with Crippen molar-refractivity contribution in [1.82, 2.24) is 0 Å². The van der Waals surface area contributed by atoms with Gasteiger partial charge in [-0.25, -0.2) is 4.18 Å². The van der Waals surface area contributed by atoms with E-state index in [4.69, 9.17) is 27.9 Å². The van der Waals surface area contributed by atoms with Gasteiger partial charge in [0.1, 0.15) is 59.8 Å². The first-order valence-electron chi connectivity index (χ1n) is 21.6. The maximum atomic E-state index is 14.5. The fourth-order valence-electron chi connectivity index (χ4n) is 14.1. The van der Waals surface area contributed by atoms with Gasteiger partial charge in [-0.15, -0.1) is 0 Å². The summed E-state index contributed by atoms with van der Waals surface area (Å²) >= 11 is 0. The van der Waals surface area contributed by atoms with Gasteiger partial charge in [-0.1, -0.05) is 39.3 Å². The van der Waals surface area contributed by atoms with Crippen LogP contribution in [0.4, 0.5) is 0 Å². The van der Waals surface area contributed by atoms with Crippen LogP contribution in [0.2, 0.25) is 0 Å². The molecule has 0 aromatic carbocycles. The minimum Gasteiger partial charge on any atom is -0.453 e. The molecule has 0 radical (unpaired) electrons. The Kier molecular flexibility index (Phi) is 10.8. The summed E-state index contributed by atoms with van der Waals surface area (Å²) in [6, 6.07) is 0. The van der Waals surface area contributed by atoms with Gasteiger partial charge < -0.3 is 54.3 Å². The molecule has 0 amide bonds. The minimum absolute atomic E-state index is 0.0260. The molecule has 3 aliphatic heterocycles. The Morgan fingerprint density at radius 1 is 0.814 bits per heavy atom. The summed E-state index contributed by atoms with van der Waals surface area (Å²) in [5.74, 6) is -0.159. The molecule has 16 nitrogen and oxygen atoms in total. The third kappa shape index (κ3) is 6.33. The molecule has 17 heteroatoms. The number of hydrogen-bond donors (Lipinski definition) is 7. The number of allylic oxidation sites excluding steroid dienone is 2. The Morgan fingerprint density at radius 2 is 1.51 bits per heavy atom. The fraction of sp³-hybridized carbons (Fsp3) is 0.929. The van der Waals surface area contributed by atoms with Gasteiger partial charge >= 0.3 is 16.4 Å². The molecule has 4 saturated carbocycles. The van der Waals surface area contributed by atoms with E-state index >= 15 is 0 Å². The zero-order chi connectivity index (χ0) is 43.1. The monoisotopic (exact) mass is 858 g/mol. The molecule has 5 unspecified atom stereocenters. The molecule has 7 N–H and O–H groups in total. The summed E-state index contributed by atoms with van der Waals surface area (Å²) in [5.41, 5.74) is -4.00. The van der Waals surface area contributed by atoms with Crippen LogP contribution in [0.5, 0.6) is 0 Å². The van der Waals surface area contributed by atoms with E-state index < -0.39 is 106 Å². The summed E-state index contributed by atoms with van der Waals surface area (Å²) in [7, 11) is -4.98. The molecular formula is C42H66O16S. The second kappa shape index (κ2) is 14.3. The molecule has 0 aromatic heterocycles. The lowest BCUT2D eigenvalue weighted by Crippen LogP contribution is -2.65. The predicted molar refractivity (Wildman–Crippen MR) is 206 cm³/mol. The molecule has 8 rings (SSSR count). The van der Waals surface area contributed by atoms with Crippen LogP contribution in [0.25, 0.3) is 0 Å². The van der Waals surface area contributed by atoms with Crippen LogP contribution in [0, 0.1) is 33.5 Å². The van der Waals surface area contributed by atoms with Crippen LogP contribution in [-0.4, -0.2) is 140 Å². The first-order chi connectivity index (χ1) is 27.3. The van der Waals surface area contributed by atoms with Gasteiger partial charge in [-0.05, 0) is 119 Å². The van der Waals surface area contributed by atoms with E-state index in [1.165, 1.54) is 5.57 Å². The topological polar surface area (TPSA) is 248 Å². The average Bonchev–Trinajstić information content (AvgIpc) is 3.71. The average molecular weight is 859 g/mol. The van der Waals surface area contributed by atoms with Crippen molar-refractivity contribution in [3.05, 3.63) is 11.6 Å². The number of hydrogen-bond acceptors (Lipinski definition) is 15. The van der Waals surface area contributed by atoms with Gasteiger partial charge in [-0.2, -0.15) is 8.42 Å². The first-order valence-corrected chi connectivity index (χ1v) is 23.0. The Labute approximate surface area is 346 Å². The Morgan fingerprint density at radius 3 is 2.15 bits per heavy atom. The molecule has 3 heterocycles. The van der Waals surface area contributed by atoms with E-state index in [-0.39, 0.29) is 47.8 Å². The Hall–Kier alpha value is -1.32. The summed E-state index contributed by atoms with van der Waals surface area (Å²) in [5, 5.41) is 65.8. The molecule has 0 bridgehead atoms. The van der Waals surface area contributed by atoms with Crippen LogP contribution in [-0.2, 0) is 43.1 Å². The molecule has 5 aliphatic carbocycles. The molecule has 18 atom stereocenters. The molecule has 8 aliphatic rings. The van der Waals surface area contributed by atoms with E-state index in [1.54, 1.807) is 0 Å². The fourth-order valence-corrected chi connectivity index (χ4v) is 14.7. The first kappa shape index (κ1) is 44.3. The number of ether oxygens (including phenoxy) is 5. The van der Waals surface area contributed by atoms with Gasteiger partial charge in [0.15, 0.2) is 11.9 Å². The zero-order valence-electron chi connectivity index (χ0n) is 35.3. The zero-order valence-corrected chi connectivity index (χ0v) is 36.1. The highest BCUT2D eigenvalue weighted by Crippen LogP contribution is 2.77. The highest BCUT2D eigenvalue weighted by atomic mass is 32.3. The minimum atomic E-state index is -4.98. The van der Waals surface area contributed by atoms with Crippen molar-refractivity contribution in [3.63, 3.8) is 0 Å². The number of aliphatic hydroxyl groups excluding tert-OH is 5. The van der Waals surface area contributed by atoms with Crippen LogP contribution in [0.1, 0.15) is 119 Å². The van der Waals surface area contributed by atoms with Crippen molar-refractivity contribution >= 4 is 16.4 Å². The number of fused-ring (bicyclic) bond motifs is 4. The number of aliphatic hydroxyl groups is 6. The van der Waals surface area contributed by atoms with Gasteiger partial charge in [0.25, 0.3) is 0 Å². The van der Waals surface area contributed by atoms with E-state index in [0.29, 0.717) is 32.1 Å². The van der Waals surface area contributed by atoms with Gasteiger partial charge in [0, 0.05) is 0 Å². The van der Waals surface area contributed by atoms with Gasteiger partial charge in [-0.3, -0.25) is 9.35 Å². The normalized spacial score (nSPS) is 52.8. The Bertz CT molecular complexity index is 1800. The maximum absolute atomic E-state index is 14.5. The number of carbonyl (C=O) groups excluding carboxylic acids is 1. The maximum Gasteiger partial charge on any atom is 0.397 e. The lowest BCUT2D eigenvalue weighted by molar-refractivity contribution is -0.334. The largest absolute Gasteiger partial charge is 0.453 e. The van der Waals surface area contributed by atoms with Crippen molar-refractivity contribution in [3.8, 4) is 0 Å². The quantitative estimate of drug-likeness (QED) is 0.105. The number of carbonyl (C=O) groups is 1. The second-order valence-corrected chi connectivity index (χ2v) is 22.0. The smallest absolute Gasteiger partial charge is 0.397 e. The molecule has 336 valence electrons.